The van der Waals surface area contributed by atoms with E-state index in [0.717, 1.165) is 25.7 Å². The molecule has 0 unspecified atom stereocenters. The first-order chi connectivity index (χ1) is 7.70. The van der Waals surface area contributed by atoms with Gasteiger partial charge in [-0.15, -0.1) is 0 Å². The summed E-state index contributed by atoms with van der Waals surface area (Å²) in [7, 11) is 2.71. The van der Waals surface area contributed by atoms with Gasteiger partial charge < -0.3 is 9.47 Å². The van der Waals surface area contributed by atoms with Crippen LogP contribution in [-0.2, 0) is 9.47 Å². The van der Waals surface area contributed by atoms with E-state index in [1.165, 1.54) is 21.6 Å². The fourth-order valence-electron chi connectivity index (χ4n) is 0.716. The SMILES string of the molecule is CCCCOC(=S)SSC(=S)OCCCC. The second-order valence-electron chi connectivity index (χ2n) is 3.07. The first-order valence-electron chi connectivity index (χ1n) is 5.38. The number of unbranched alkanes of at least 4 members (excludes halogenated alkanes) is 2. The maximum Gasteiger partial charge on any atom is 0.231 e. The minimum atomic E-state index is 0.528. The van der Waals surface area contributed by atoms with Crippen molar-refractivity contribution in [2.45, 2.75) is 39.5 Å². The van der Waals surface area contributed by atoms with Gasteiger partial charge >= 0.3 is 0 Å². The average Bonchev–Trinajstić information content (AvgIpc) is 2.27. The van der Waals surface area contributed by atoms with Crippen LogP contribution in [0.5, 0.6) is 0 Å². The van der Waals surface area contributed by atoms with E-state index < -0.39 is 0 Å². The van der Waals surface area contributed by atoms with Crippen LogP contribution in [0.15, 0.2) is 0 Å². The molecular formula is C10H18O2S4. The molecule has 0 amide bonds. The fraction of sp³-hybridized carbons (Fsp3) is 0.800. The highest BCUT2D eigenvalue weighted by molar-refractivity contribution is 8.89. The number of thiocarbonyl (C=S) groups is 2. The third kappa shape index (κ3) is 11.0. The van der Waals surface area contributed by atoms with Crippen LogP contribution in [0.1, 0.15) is 39.5 Å². The summed E-state index contributed by atoms with van der Waals surface area (Å²) < 4.78 is 11.7. The van der Waals surface area contributed by atoms with E-state index in [9.17, 15) is 0 Å². The smallest absolute Gasteiger partial charge is 0.231 e. The number of hydrogen-bond acceptors (Lipinski definition) is 6. The van der Waals surface area contributed by atoms with Crippen LogP contribution in [0, 0.1) is 0 Å². The lowest BCUT2D eigenvalue weighted by Gasteiger charge is -2.07. The van der Waals surface area contributed by atoms with Crippen molar-refractivity contribution in [1.29, 1.82) is 0 Å². The van der Waals surface area contributed by atoms with E-state index in [2.05, 4.69) is 13.8 Å². The van der Waals surface area contributed by atoms with E-state index in [4.69, 9.17) is 33.9 Å². The van der Waals surface area contributed by atoms with Crippen molar-refractivity contribution >= 4 is 54.8 Å². The predicted octanol–water partition coefficient (Wildman–Crippen LogP) is 4.57. The molecular weight excluding hydrogens is 280 g/mol. The maximum absolute atomic E-state index is 5.32. The Balaban J connectivity index is 3.40. The van der Waals surface area contributed by atoms with Crippen molar-refractivity contribution in [3.8, 4) is 0 Å². The summed E-state index contributed by atoms with van der Waals surface area (Å²) in [6.45, 7) is 5.61. The Labute approximate surface area is 117 Å². The van der Waals surface area contributed by atoms with Crippen LogP contribution in [0.4, 0.5) is 0 Å². The fourth-order valence-corrected chi connectivity index (χ4v) is 2.59. The molecule has 0 rings (SSSR count). The minimum absolute atomic E-state index is 0.528. The van der Waals surface area contributed by atoms with Crippen molar-refractivity contribution < 1.29 is 9.47 Å². The summed E-state index contributed by atoms with van der Waals surface area (Å²) >= 11 is 10.1. The first kappa shape index (κ1) is 16.5. The average molecular weight is 299 g/mol. The summed E-state index contributed by atoms with van der Waals surface area (Å²) in [6.07, 6.45) is 4.28. The van der Waals surface area contributed by atoms with Crippen LogP contribution in [0.25, 0.3) is 0 Å². The molecule has 0 saturated heterocycles. The summed E-state index contributed by atoms with van der Waals surface area (Å²) in [5.74, 6) is 0. The van der Waals surface area contributed by atoms with Crippen molar-refractivity contribution in [2.24, 2.45) is 0 Å². The highest BCUT2D eigenvalue weighted by atomic mass is 33.1. The molecule has 0 saturated carbocycles. The summed E-state index contributed by atoms with van der Waals surface area (Å²) in [5.41, 5.74) is 0. The van der Waals surface area contributed by atoms with Gasteiger partial charge in [0.25, 0.3) is 0 Å². The van der Waals surface area contributed by atoms with Crippen LogP contribution in [0.3, 0.4) is 0 Å². The molecule has 0 aromatic rings. The molecule has 2 nitrogen and oxygen atoms in total. The summed E-state index contributed by atoms with van der Waals surface area (Å²) in [4.78, 5) is 0. The van der Waals surface area contributed by atoms with Gasteiger partial charge in [0.2, 0.25) is 8.77 Å². The Morgan fingerprint density at radius 3 is 1.56 bits per heavy atom. The lowest BCUT2D eigenvalue weighted by atomic mass is 10.4. The quantitative estimate of drug-likeness (QED) is 0.403. The molecule has 0 spiro atoms. The molecule has 0 heterocycles. The molecule has 0 radical (unpaired) electrons. The van der Waals surface area contributed by atoms with E-state index >= 15 is 0 Å². The van der Waals surface area contributed by atoms with Crippen molar-refractivity contribution in [1.82, 2.24) is 0 Å². The molecule has 0 fully saturated rings. The topological polar surface area (TPSA) is 18.5 Å². The van der Waals surface area contributed by atoms with Gasteiger partial charge in [-0.2, -0.15) is 0 Å². The Bertz CT molecular complexity index is 187. The predicted molar refractivity (Wildman–Crippen MR) is 82.1 cm³/mol. The van der Waals surface area contributed by atoms with Crippen molar-refractivity contribution in [2.75, 3.05) is 13.2 Å². The zero-order valence-corrected chi connectivity index (χ0v) is 13.0. The van der Waals surface area contributed by atoms with Gasteiger partial charge in [-0.05, 0) is 37.3 Å². The highest BCUT2D eigenvalue weighted by Crippen LogP contribution is 2.26. The number of hydrogen-bond donors (Lipinski definition) is 0. The van der Waals surface area contributed by atoms with Crippen LogP contribution < -0.4 is 0 Å². The van der Waals surface area contributed by atoms with Crippen molar-refractivity contribution in [3.63, 3.8) is 0 Å². The summed E-state index contributed by atoms with van der Waals surface area (Å²) in [6, 6.07) is 0. The largest absolute Gasteiger partial charge is 0.478 e. The van der Waals surface area contributed by atoms with Gasteiger partial charge in [0, 0.05) is 21.6 Å². The van der Waals surface area contributed by atoms with E-state index in [1.54, 1.807) is 0 Å². The Hall–Kier alpha value is 0.480. The molecule has 16 heavy (non-hydrogen) atoms. The normalized spacial score (nSPS) is 9.88. The third-order valence-electron chi connectivity index (χ3n) is 1.61. The lowest BCUT2D eigenvalue weighted by Crippen LogP contribution is -2.00. The number of ether oxygens (including phenoxy) is 2. The second-order valence-corrected chi connectivity index (χ2v) is 6.40. The standard InChI is InChI=1S/C10H18O2S4/c1-3-5-7-11-9(13)15-16-10(14)12-8-6-4-2/h3-8H2,1-2H3. The van der Waals surface area contributed by atoms with Crippen LogP contribution in [-0.4, -0.2) is 22.0 Å². The second kappa shape index (κ2) is 12.0. The molecule has 0 aromatic carbocycles. The van der Waals surface area contributed by atoms with Gasteiger partial charge in [0.05, 0.1) is 13.2 Å². The highest BCUT2D eigenvalue weighted by Gasteiger charge is 2.04. The number of rotatable bonds is 6. The summed E-state index contributed by atoms with van der Waals surface area (Å²) in [5, 5.41) is 0. The molecule has 0 bridgehead atoms. The maximum atomic E-state index is 5.32. The van der Waals surface area contributed by atoms with Gasteiger partial charge in [-0.1, -0.05) is 26.7 Å². The van der Waals surface area contributed by atoms with Gasteiger partial charge in [-0.3, -0.25) is 0 Å². The zero-order chi connectivity index (χ0) is 12.2. The molecule has 0 aliphatic rings. The van der Waals surface area contributed by atoms with Crippen molar-refractivity contribution in [3.05, 3.63) is 0 Å². The van der Waals surface area contributed by atoms with E-state index in [1.807, 2.05) is 0 Å². The van der Waals surface area contributed by atoms with E-state index in [0.29, 0.717) is 22.0 Å². The van der Waals surface area contributed by atoms with Gasteiger partial charge in [0.1, 0.15) is 0 Å². The molecule has 0 aromatic heterocycles. The third-order valence-corrected chi connectivity index (χ3v) is 4.73. The Kier molecular flexibility index (Phi) is 12.3. The van der Waals surface area contributed by atoms with Gasteiger partial charge in [-0.25, -0.2) is 0 Å². The van der Waals surface area contributed by atoms with E-state index in [-0.39, 0.29) is 0 Å². The molecule has 0 atom stereocenters. The lowest BCUT2D eigenvalue weighted by molar-refractivity contribution is 0.313. The van der Waals surface area contributed by atoms with Gasteiger partial charge in [0.15, 0.2) is 0 Å². The molecule has 0 aliphatic carbocycles. The molecule has 0 aliphatic heterocycles. The minimum Gasteiger partial charge on any atom is -0.478 e. The van der Waals surface area contributed by atoms with Crippen LogP contribution in [0.2, 0.25) is 0 Å². The molecule has 0 N–H and O–H groups in total. The molecule has 94 valence electrons. The first-order valence-corrected chi connectivity index (χ1v) is 8.35. The Morgan fingerprint density at radius 1 is 0.875 bits per heavy atom. The monoisotopic (exact) mass is 298 g/mol. The molecule has 6 heteroatoms. The Morgan fingerprint density at radius 2 is 1.25 bits per heavy atom. The zero-order valence-electron chi connectivity index (χ0n) is 9.69. The van der Waals surface area contributed by atoms with Crippen LogP contribution >= 0.6 is 46.0 Å².